The molecule has 4 heteroatoms. The highest BCUT2D eigenvalue weighted by Gasteiger charge is 1.93. The van der Waals surface area contributed by atoms with E-state index in [-0.39, 0.29) is 0 Å². The molecule has 1 rings (SSSR count). The summed E-state index contributed by atoms with van der Waals surface area (Å²) in [5, 5.41) is 4.03. The van der Waals surface area contributed by atoms with E-state index in [1.54, 1.807) is 0 Å². The van der Waals surface area contributed by atoms with Crippen LogP contribution in [-0.4, -0.2) is 8.76 Å². The highest BCUT2D eigenvalue weighted by atomic mass is 32.2. The molecule has 1 atom stereocenters. The smallest absolute Gasteiger partial charge is 0.0152 e. The summed E-state index contributed by atoms with van der Waals surface area (Å²) in [4.78, 5) is 0. The summed E-state index contributed by atoms with van der Waals surface area (Å²) in [6.07, 6.45) is 2.31. The van der Waals surface area contributed by atoms with E-state index >= 15 is 0 Å². The van der Waals surface area contributed by atoms with Gasteiger partial charge in [-0.05, 0) is 24.0 Å². The van der Waals surface area contributed by atoms with E-state index in [0.29, 0.717) is 0 Å². The number of hydrogen-bond acceptors (Lipinski definition) is 2. The second kappa shape index (κ2) is 7.67. The Morgan fingerprint density at radius 1 is 1.21 bits per heavy atom. The first-order valence-corrected chi connectivity index (χ1v) is 5.66. The molecule has 0 aromatic heterocycles. The highest BCUT2D eigenvalue weighted by molar-refractivity contribution is 7.76. The number of rotatable bonds is 2. The van der Waals surface area contributed by atoms with Crippen molar-refractivity contribution in [1.29, 1.82) is 0 Å². The molecule has 0 fully saturated rings. The molecule has 80 valence electrons. The van der Waals surface area contributed by atoms with Crippen molar-refractivity contribution in [2.24, 2.45) is 5.14 Å². The van der Waals surface area contributed by atoms with Crippen molar-refractivity contribution >= 4 is 11.3 Å². The zero-order valence-electron chi connectivity index (χ0n) is 8.53. The van der Waals surface area contributed by atoms with E-state index in [2.05, 4.69) is 43.3 Å². The van der Waals surface area contributed by atoms with Crippen LogP contribution in [0.15, 0.2) is 24.3 Å². The van der Waals surface area contributed by atoms with E-state index in [0.717, 1.165) is 12.8 Å². The Morgan fingerprint density at radius 2 is 1.50 bits per heavy atom. The first-order chi connectivity index (χ1) is 6.61. The van der Waals surface area contributed by atoms with Gasteiger partial charge in [0.05, 0.1) is 0 Å². The van der Waals surface area contributed by atoms with Gasteiger partial charge in [-0.2, -0.15) is 0 Å². The molecule has 0 aliphatic heterocycles. The van der Waals surface area contributed by atoms with Crippen molar-refractivity contribution < 1.29 is 8.76 Å². The number of benzene rings is 1. The van der Waals surface area contributed by atoms with Crippen molar-refractivity contribution in [3.05, 3.63) is 35.4 Å². The molecule has 1 aromatic carbocycles. The molecule has 2 N–H and O–H groups in total. The van der Waals surface area contributed by atoms with Crippen LogP contribution < -0.4 is 5.14 Å². The maximum absolute atomic E-state index is 8.78. The van der Waals surface area contributed by atoms with Gasteiger partial charge in [-0.25, -0.2) is 0 Å². The van der Waals surface area contributed by atoms with Gasteiger partial charge in [0.1, 0.15) is 0 Å². The molecule has 0 amide bonds. The monoisotopic (exact) mass is 214 g/mol. The van der Waals surface area contributed by atoms with Crippen LogP contribution in [0.3, 0.4) is 0 Å². The maximum atomic E-state index is 8.78. The summed E-state index contributed by atoms with van der Waals surface area (Å²) in [6, 6.07) is 8.63. The fraction of sp³-hybridized carbons (Fsp3) is 0.400. The molecule has 3 nitrogen and oxygen atoms in total. The van der Waals surface area contributed by atoms with E-state index in [1.807, 2.05) is 0 Å². The SMILES string of the molecule is CCc1ccccc1CC.NS(=O)[O-]. The second-order valence-electron chi connectivity index (χ2n) is 2.74. The molecule has 0 aliphatic carbocycles. The molecule has 0 saturated carbocycles. The predicted octanol–water partition coefficient (Wildman–Crippen LogP) is 1.55. The second-order valence-corrected chi connectivity index (χ2v) is 3.26. The standard InChI is InChI=1S/C10H14.H3NO2S/c1-3-9-7-5-6-8-10(9)4-2;1-4(2)3/h5-8H,3-4H2,1-2H3;1H2,(H,2,3)/p-1. The average molecular weight is 214 g/mol. The average Bonchev–Trinajstić information content (AvgIpc) is 2.17. The Morgan fingerprint density at radius 3 is 1.71 bits per heavy atom. The van der Waals surface area contributed by atoms with Crippen LogP contribution in [0.4, 0.5) is 0 Å². The van der Waals surface area contributed by atoms with Gasteiger partial charge in [0.2, 0.25) is 0 Å². The van der Waals surface area contributed by atoms with E-state index in [4.69, 9.17) is 8.76 Å². The normalized spacial score (nSPS) is 11.4. The summed E-state index contributed by atoms with van der Waals surface area (Å²) in [5.41, 5.74) is 2.98. The molecule has 14 heavy (non-hydrogen) atoms. The van der Waals surface area contributed by atoms with Crippen LogP contribution in [0, 0.1) is 0 Å². The molecule has 0 radical (unpaired) electrons. The van der Waals surface area contributed by atoms with E-state index in [1.165, 1.54) is 11.1 Å². The van der Waals surface area contributed by atoms with Gasteiger partial charge < -0.3 is 4.55 Å². The molecule has 1 aromatic rings. The largest absolute Gasteiger partial charge is 0.760 e. The number of hydrogen-bond donors (Lipinski definition) is 1. The highest BCUT2D eigenvalue weighted by Crippen LogP contribution is 2.08. The summed E-state index contributed by atoms with van der Waals surface area (Å²) < 4.78 is 17.6. The third kappa shape index (κ3) is 5.85. The first-order valence-electron chi connectivity index (χ1n) is 4.52. The van der Waals surface area contributed by atoms with Crippen LogP contribution in [0.25, 0.3) is 0 Å². The van der Waals surface area contributed by atoms with Gasteiger partial charge in [0.15, 0.2) is 0 Å². The van der Waals surface area contributed by atoms with Crippen molar-refractivity contribution in [2.75, 3.05) is 0 Å². The predicted molar refractivity (Wildman–Crippen MR) is 58.3 cm³/mol. The lowest BCUT2D eigenvalue weighted by atomic mass is 10.0. The van der Waals surface area contributed by atoms with E-state index < -0.39 is 11.3 Å². The van der Waals surface area contributed by atoms with Gasteiger partial charge in [0.25, 0.3) is 0 Å². The lowest BCUT2D eigenvalue weighted by Crippen LogP contribution is -1.97. The fourth-order valence-electron chi connectivity index (χ4n) is 1.25. The topological polar surface area (TPSA) is 66.2 Å². The Labute approximate surface area is 87.7 Å². The Kier molecular flexibility index (Phi) is 7.28. The summed E-state index contributed by atoms with van der Waals surface area (Å²) in [5.74, 6) is 0. The van der Waals surface area contributed by atoms with Gasteiger partial charge in [-0.15, -0.1) is 0 Å². The molecule has 0 aliphatic rings. The molecular formula is C10H16NO2S-. The zero-order chi connectivity index (χ0) is 11.0. The molecule has 0 bridgehead atoms. The molecule has 0 spiro atoms. The quantitative estimate of drug-likeness (QED) is 0.759. The number of nitrogens with two attached hydrogens (primary N) is 1. The zero-order valence-corrected chi connectivity index (χ0v) is 9.34. The summed E-state index contributed by atoms with van der Waals surface area (Å²) >= 11 is -2.36. The minimum atomic E-state index is -2.36. The van der Waals surface area contributed by atoms with Crippen molar-refractivity contribution in [3.63, 3.8) is 0 Å². The maximum Gasteiger partial charge on any atom is 0.0152 e. The van der Waals surface area contributed by atoms with Gasteiger partial charge in [-0.1, -0.05) is 38.1 Å². The summed E-state index contributed by atoms with van der Waals surface area (Å²) in [6.45, 7) is 4.41. The fourth-order valence-corrected chi connectivity index (χ4v) is 1.25. The minimum absolute atomic E-state index is 1.16. The van der Waals surface area contributed by atoms with Crippen LogP contribution >= 0.6 is 0 Å². The lowest BCUT2D eigenvalue weighted by Gasteiger charge is -2.02. The first kappa shape index (κ1) is 13.3. The third-order valence-corrected chi connectivity index (χ3v) is 1.88. The molecule has 0 heterocycles. The summed E-state index contributed by atoms with van der Waals surface area (Å²) in [7, 11) is 0. The lowest BCUT2D eigenvalue weighted by molar-refractivity contribution is 0.539. The third-order valence-electron chi connectivity index (χ3n) is 1.88. The van der Waals surface area contributed by atoms with Crippen LogP contribution in [-0.2, 0) is 24.1 Å². The Hall–Kier alpha value is -0.710. The molecule has 0 saturated heterocycles. The van der Waals surface area contributed by atoms with Gasteiger partial charge in [0, 0.05) is 11.3 Å². The van der Waals surface area contributed by atoms with Crippen molar-refractivity contribution in [2.45, 2.75) is 26.7 Å². The van der Waals surface area contributed by atoms with Crippen LogP contribution in [0.5, 0.6) is 0 Å². The van der Waals surface area contributed by atoms with Crippen molar-refractivity contribution in [3.8, 4) is 0 Å². The van der Waals surface area contributed by atoms with Gasteiger partial charge >= 0.3 is 0 Å². The van der Waals surface area contributed by atoms with E-state index in [9.17, 15) is 0 Å². The Bertz CT molecular complexity index is 262. The van der Waals surface area contributed by atoms with Crippen LogP contribution in [0.1, 0.15) is 25.0 Å². The number of aryl methyl sites for hydroxylation is 2. The van der Waals surface area contributed by atoms with Gasteiger partial charge in [-0.3, -0.25) is 9.35 Å². The molecule has 1 unspecified atom stereocenters. The molecular weight excluding hydrogens is 198 g/mol. The van der Waals surface area contributed by atoms with Crippen molar-refractivity contribution in [1.82, 2.24) is 0 Å². The Balaban J connectivity index is 0.000000364. The minimum Gasteiger partial charge on any atom is -0.760 e. The van der Waals surface area contributed by atoms with Crippen LogP contribution in [0.2, 0.25) is 0 Å².